The van der Waals surface area contributed by atoms with Gasteiger partial charge in [0.15, 0.2) is 0 Å². The SMILES string of the molecule is CCN1C=C/C(=C\C=c2sc(=Cc3sc4ccccc4[n+]3CC)n(CC)c2=O)c2ccccc21. The van der Waals surface area contributed by atoms with E-state index in [0.29, 0.717) is 6.54 Å². The summed E-state index contributed by atoms with van der Waals surface area (Å²) in [5.41, 5.74) is 4.82. The smallest absolute Gasteiger partial charge is 0.269 e. The second-order valence-corrected chi connectivity index (χ2v) is 10.2. The van der Waals surface area contributed by atoms with Gasteiger partial charge in [0.05, 0.1) is 10.6 Å². The summed E-state index contributed by atoms with van der Waals surface area (Å²) in [4.78, 5) is 15.5. The highest BCUT2D eigenvalue weighted by molar-refractivity contribution is 7.19. The molecular formula is C28H28N3OS2+. The van der Waals surface area contributed by atoms with Crippen molar-refractivity contribution >= 4 is 56.3 Å². The Morgan fingerprint density at radius 1 is 0.941 bits per heavy atom. The molecule has 3 heterocycles. The van der Waals surface area contributed by atoms with Gasteiger partial charge in [-0.25, -0.2) is 0 Å². The van der Waals surface area contributed by atoms with Crippen molar-refractivity contribution in [2.45, 2.75) is 33.9 Å². The van der Waals surface area contributed by atoms with E-state index in [0.717, 1.165) is 27.9 Å². The Labute approximate surface area is 207 Å². The fourth-order valence-corrected chi connectivity index (χ4v) is 6.73. The van der Waals surface area contributed by atoms with Crippen molar-refractivity contribution < 1.29 is 4.57 Å². The van der Waals surface area contributed by atoms with Crippen molar-refractivity contribution in [1.82, 2.24) is 4.57 Å². The van der Waals surface area contributed by atoms with E-state index >= 15 is 0 Å². The molecule has 5 rings (SSSR count). The Kier molecular flexibility index (Phi) is 6.35. The monoisotopic (exact) mass is 486 g/mol. The Bertz CT molecular complexity index is 1600. The van der Waals surface area contributed by atoms with Crippen LogP contribution in [0.25, 0.3) is 27.9 Å². The van der Waals surface area contributed by atoms with Crippen LogP contribution in [0.15, 0.2) is 71.7 Å². The maximum atomic E-state index is 13.2. The normalized spacial score (nSPS) is 15.6. The third-order valence-corrected chi connectivity index (χ3v) is 8.36. The van der Waals surface area contributed by atoms with Gasteiger partial charge in [0.1, 0.15) is 15.9 Å². The first-order chi connectivity index (χ1) is 16.6. The van der Waals surface area contributed by atoms with Gasteiger partial charge < -0.3 is 4.90 Å². The lowest BCUT2D eigenvalue weighted by Gasteiger charge is -2.26. The molecule has 2 aromatic carbocycles. The van der Waals surface area contributed by atoms with Crippen molar-refractivity contribution in [2.75, 3.05) is 11.4 Å². The van der Waals surface area contributed by atoms with Crippen LogP contribution in [0.3, 0.4) is 0 Å². The van der Waals surface area contributed by atoms with Gasteiger partial charge in [-0.1, -0.05) is 47.7 Å². The minimum Gasteiger partial charge on any atom is -0.348 e. The minimum absolute atomic E-state index is 0.0722. The number of aromatic nitrogens is 2. The highest BCUT2D eigenvalue weighted by atomic mass is 32.1. The van der Waals surface area contributed by atoms with Crippen molar-refractivity contribution in [2.24, 2.45) is 0 Å². The molecule has 0 unspecified atom stereocenters. The van der Waals surface area contributed by atoms with Crippen molar-refractivity contribution in [1.29, 1.82) is 0 Å². The maximum Gasteiger partial charge on any atom is 0.269 e. The van der Waals surface area contributed by atoms with Crippen LogP contribution in [0.5, 0.6) is 0 Å². The zero-order valence-electron chi connectivity index (χ0n) is 19.7. The number of hydrogen-bond donors (Lipinski definition) is 0. The second-order valence-electron chi connectivity index (χ2n) is 8.06. The molecule has 0 aliphatic carbocycles. The standard InChI is InChI=1S/C28H28N3OS2/c1-4-29-18-17-20(21-11-7-8-12-22(21)29)15-16-25-28(32)31(6-3)27(34-25)19-26-30(5-2)23-13-9-10-14-24(23)33-26/h7-19H,4-6H2,1-3H3/q+1/b20-15+,25-16?. The van der Waals surface area contributed by atoms with Crippen molar-refractivity contribution in [3.05, 3.63) is 97.0 Å². The molecule has 1 aliphatic rings. The molecule has 0 bridgehead atoms. The third kappa shape index (κ3) is 3.97. The zero-order chi connectivity index (χ0) is 23.7. The van der Waals surface area contributed by atoms with Gasteiger partial charge in [-0.15, -0.1) is 11.3 Å². The third-order valence-electron chi connectivity index (χ3n) is 6.17. The van der Waals surface area contributed by atoms with Crippen LogP contribution in [-0.2, 0) is 13.1 Å². The highest BCUT2D eigenvalue weighted by Gasteiger charge is 2.17. The fourth-order valence-electron chi connectivity index (χ4n) is 4.44. The molecule has 1 aliphatic heterocycles. The van der Waals surface area contributed by atoms with E-state index in [1.165, 1.54) is 26.5 Å². The van der Waals surface area contributed by atoms with Gasteiger partial charge in [0.2, 0.25) is 5.52 Å². The summed E-state index contributed by atoms with van der Waals surface area (Å²) in [6.45, 7) is 8.81. The van der Waals surface area contributed by atoms with Crippen molar-refractivity contribution in [3.63, 3.8) is 0 Å². The molecule has 0 radical (unpaired) electrons. The molecule has 4 aromatic rings. The number of para-hydroxylation sites is 2. The predicted octanol–water partition coefficient (Wildman–Crippen LogP) is 4.50. The number of benzene rings is 2. The lowest BCUT2D eigenvalue weighted by Crippen LogP contribution is -2.35. The average Bonchev–Trinajstić information content (AvgIpc) is 3.38. The number of rotatable bonds is 5. The molecule has 0 fully saturated rings. The fraction of sp³-hybridized carbons (Fsp3) is 0.214. The van der Waals surface area contributed by atoms with E-state index in [1.54, 1.807) is 22.7 Å². The molecule has 34 heavy (non-hydrogen) atoms. The maximum absolute atomic E-state index is 13.2. The zero-order valence-corrected chi connectivity index (χ0v) is 21.3. The minimum atomic E-state index is 0.0722. The molecule has 4 nitrogen and oxygen atoms in total. The van der Waals surface area contributed by atoms with Crippen LogP contribution < -0.4 is 24.2 Å². The summed E-state index contributed by atoms with van der Waals surface area (Å²) in [7, 11) is 0. The lowest BCUT2D eigenvalue weighted by molar-refractivity contribution is -0.665. The van der Waals surface area contributed by atoms with Gasteiger partial charge in [0.25, 0.3) is 10.6 Å². The van der Waals surface area contributed by atoms with Gasteiger partial charge in [-0.2, -0.15) is 4.57 Å². The molecular weight excluding hydrogens is 458 g/mol. The van der Waals surface area contributed by atoms with E-state index in [2.05, 4.69) is 96.3 Å². The molecule has 0 amide bonds. The Morgan fingerprint density at radius 2 is 1.74 bits per heavy atom. The Balaban J connectivity index is 1.63. The average molecular weight is 487 g/mol. The van der Waals surface area contributed by atoms with Crippen LogP contribution in [-0.4, -0.2) is 11.1 Å². The first kappa shape index (κ1) is 22.6. The molecule has 0 N–H and O–H groups in total. The Hall–Kier alpha value is -3.22. The summed E-state index contributed by atoms with van der Waals surface area (Å²) in [5, 5.41) is 1.17. The molecule has 172 valence electrons. The lowest BCUT2D eigenvalue weighted by atomic mass is 9.99. The van der Waals surface area contributed by atoms with E-state index < -0.39 is 0 Å². The highest BCUT2D eigenvalue weighted by Crippen LogP contribution is 2.32. The van der Waals surface area contributed by atoms with E-state index in [4.69, 9.17) is 0 Å². The number of anilines is 1. The first-order valence-electron chi connectivity index (χ1n) is 11.7. The summed E-state index contributed by atoms with van der Waals surface area (Å²) in [6.07, 6.45) is 10.5. The van der Waals surface area contributed by atoms with E-state index in [1.807, 2.05) is 17.6 Å². The summed E-state index contributed by atoms with van der Waals surface area (Å²) >= 11 is 3.33. The van der Waals surface area contributed by atoms with Crippen LogP contribution in [0, 0.1) is 0 Å². The largest absolute Gasteiger partial charge is 0.348 e. The summed E-state index contributed by atoms with van der Waals surface area (Å²) < 4.78 is 7.20. The molecule has 0 spiro atoms. The summed E-state index contributed by atoms with van der Waals surface area (Å²) in [6, 6.07) is 16.9. The number of thiazole rings is 2. The molecule has 0 saturated carbocycles. The molecule has 6 heteroatoms. The number of fused-ring (bicyclic) bond motifs is 2. The van der Waals surface area contributed by atoms with Gasteiger partial charge in [-0.3, -0.25) is 9.36 Å². The van der Waals surface area contributed by atoms with Gasteiger partial charge in [-0.05, 0) is 50.6 Å². The number of allylic oxidation sites excluding steroid dienone is 3. The molecule has 2 aromatic heterocycles. The molecule has 0 atom stereocenters. The second kappa shape index (κ2) is 9.57. The quantitative estimate of drug-likeness (QED) is 0.389. The van der Waals surface area contributed by atoms with Crippen LogP contribution in [0.4, 0.5) is 5.69 Å². The topological polar surface area (TPSA) is 29.1 Å². The Morgan fingerprint density at radius 3 is 2.53 bits per heavy atom. The van der Waals surface area contributed by atoms with Gasteiger partial charge in [0, 0.05) is 36.6 Å². The van der Waals surface area contributed by atoms with Gasteiger partial charge >= 0.3 is 0 Å². The van der Waals surface area contributed by atoms with Crippen LogP contribution in [0.2, 0.25) is 0 Å². The van der Waals surface area contributed by atoms with Crippen LogP contribution >= 0.6 is 22.7 Å². The van der Waals surface area contributed by atoms with Crippen molar-refractivity contribution in [3.8, 4) is 0 Å². The van der Waals surface area contributed by atoms with E-state index in [9.17, 15) is 4.79 Å². The number of hydrogen-bond acceptors (Lipinski definition) is 4. The van der Waals surface area contributed by atoms with E-state index in [-0.39, 0.29) is 5.56 Å². The number of nitrogens with zero attached hydrogens (tertiary/aromatic N) is 3. The summed E-state index contributed by atoms with van der Waals surface area (Å²) in [5.74, 6) is 0. The predicted molar refractivity (Wildman–Crippen MR) is 146 cm³/mol. The molecule has 0 saturated heterocycles. The van der Waals surface area contributed by atoms with Crippen LogP contribution in [0.1, 0.15) is 31.3 Å². The number of aryl methyl sites for hydroxylation is 1. The first-order valence-corrected chi connectivity index (χ1v) is 13.4.